The minimum atomic E-state index is -3.75. The van der Waals surface area contributed by atoms with Gasteiger partial charge in [0.2, 0.25) is 10.0 Å². The number of fused-ring (bicyclic) bond motifs is 1. The third kappa shape index (κ3) is 6.41. The Bertz CT molecular complexity index is 1090. The summed E-state index contributed by atoms with van der Waals surface area (Å²) in [6.45, 7) is 7.27. The lowest BCUT2D eigenvalue weighted by molar-refractivity contribution is -0.148. The zero-order valence-electron chi connectivity index (χ0n) is 17.9. The summed E-state index contributed by atoms with van der Waals surface area (Å²) >= 11 is 3.44. The molecule has 0 saturated heterocycles. The minimum absolute atomic E-state index is 0.196. The molecule has 2 atom stereocenters. The summed E-state index contributed by atoms with van der Waals surface area (Å²) in [5.41, 5.74) is 1.11. The largest absolute Gasteiger partial charge is 0.486 e. The second-order valence-corrected chi connectivity index (χ2v) is 11.1. The molecule has 2 unspecified atom stereocenters. The first kappa shape index (κ1) is 23.5. The lowest BCUT2D eigenvalue weighted by atomic mass is 9.97. The summed E-state index contributed by atoms with van der Waals surface area (Å²) in [5.74, 6) is 0.0828. The summed E-state index contributed by atoms with van der Waals surface area (Å²) in [5, 5.41) is 0. The molecule has 0 fully saturated rings. The zero-order valence-corrected chi connectivity index (χ0v) is 20.3. The van der Waals surface area contributed by atoms with E-state index in [9.17, 15) is 13.2 Å². The zero-order chi connectivity index (χ0) is 22.8. The van der Waals surface area contributed by atoms with Crippen LogP contribution < -0.4 is 9.46 Å². The molecule has 0 amide bonds. The monoisotopic (exact) mass is 507 g/mol. The van der Waals surface area contributed by atoms with E-state index in [-0.39, 0.29) is 4.90 Å². The Morgan fingerprint density at radius 1 is 1.19 bits per heavy atom. The number of ether oxygens (including phenoxy) is 2. The predicted octanol–water partition coefficient (Wildman–Crippen LogP) is 4.83. The molecule has 166 valence electrons. The highest BCUT2D eigenvalue weighted by Crippen LogP contribution is 2.37. The van der Waals surface area contributed by atoms with Crippen molar-refractivity contribution in [1.29, 1.82) is 0 Å². The van der Waals surface area contributed by atoms with Crippen molar-refractivity contribution in [3.63, 3.8) is 0 Å². The molecule has 0 aromatic heterocycles. The number of hydrogen-bond acceptors (Lipinski definition) is 5. The Labute approximate surface area is 191 Å². The molecule has 1 N–H and O–H groups in total. The Morgan fingerprint density at radius 3 is 2.52 bits per heavy atom. The molecule has 6 nitrogen and oxygen atoms in total. The Balaban J connectivity index is 1.85. The van der Waals surface area contributed by atoms with Crippen LogP contribution in [0.3, 0.4) is 0 Å². The van der Waals surface area contributed by atoms with E-state index in [0.717, 1.165) is 15.6 Å². The molecule has 3 rings (SSSR count). The summed E-state index contributed by atoms with van der Waals surface area (Å²) < 4.78 is 40.8. The van der Waals surface area contributed by atoms with Gasteiger partial charge in [-0.25, -0.2) is 17.9 Å². The first-order valence-electron chi connectivity index (χ1n) is 9.89. The standard InChI is InChI=1S/C23H26BrNO5S/c1-15-5-9-18(10-6-15)31(27,28)25-20-14-17(8-12-22(26)30-23(2,3)4)29-21-11-7-16(24)13-19(20)21/h5-13,17,20,25H,14H2,1-4H3/b12-8+. The van der Waals surface area contributed by atoms with E-state index in [4.69, 9.17) is 9.47 Å². The van der Waals surface area contributed by atoms with Crippen LogP contribution >= 0.6 is 15.9 Å². The van der Waals surface area contributed by atoms with Crippen LogP contribution in [0, 0.1) is 6.92 Å². The fraction of sp³-hybridized carbons (Fsp3) is 0.348. The van der Waals surface area contributed by atoms with Gasteiger partial charge in [-0.2, -0.15) is 0 Å². The fourth-order valence-corrected chi connectivity index (χ4v) is 4.80. The number of benzene rings is 2. The van der Waals surface area contributed by atoms with Crippen molar-refractivity contribution in [2.75, 3.05) is 0 Å². The van der Waals surface area contributed by atoms with Crippen LogP contribution in [0.2, 0.25) is 0 Å². The van der Waals surface area contributed by atoms with E-state index in [1.165, 1.54) is 6.08 Å². The molecule has 1 aliphatic rings. The highest BCUT2D eigenvalue weighted by molar-refractivity contribution is 9.10. The number of rotatable bonds is 5. The molecular weight excluding hydrogens is 482 g/mol. The summed E-state index contributed by atoms with van der Waals surface area (Å²) in [6.07, 6.45) is 2.76. The van der Waals surface area contributed by atoms with Gasteiger partial charge in [0.15, 0.2) is 0 Å². The van der Waals surface area contributed by atoms with Gasteiger partial charge < -0.3 is 9.47 Å². The molecule has 0 saturated carbocycles. The lowest BCUT2D eigenvalue weighted by Crippen LogP contribution is -2.35. The summed E-state index contributed by atoms with van der Waals surface area (Å²) in [7, 11) is -3.75. The highest BCUT2D eigenvalue weighted by atomic mass is 79.9. The van der Waals surface area contributed by atoms with Crippen molar-refractivity contribution in [3.05, 3.63) is 70.2 Å². The van der Waals surface area contributed by atoms with Crippen LogP contribution in [0.1, 0.15) is 44.4 Å². The first-order valence-corrected chi connectivity index (χ1v) is 12.2. The van der Waals surface area contributed by atoms with E-state index in [1.807, 2.05) is 19.1 Å². The molecule has 1 heterocycles. The molecule has 0 radical (unpaired) electrons. The summed E-state index contributed by atoms with van der Waals surface area (Å²) in [6, 6.07) is 11.6. The summed E-state index contributed by atoms with van der Waals surface area (Å²) in [4.78, 5) is 12.2. The van der Waals surface area contributed by atoms with Crippen LogP contribution in [-0.4, -0.2) is 26.1 Å². The van der Waals surface area contributed by atoms with E-state index in [2.05, 4.69) is 20.7 Å². The van der Waals surface area contributed by atoms with Gasteiger partial charge in [0.1, 0.15) is 17.5 Å². The molecule has 1 aliphatic heterocycles. The highest BCUT2D eigenvalue weighted by Gasteiger charge is 2.31. The molecule has 31 heavy (non-hydrogen) atoms. The maximum Gasteiger partial charge on any atom is 0.331 e. The van der Waals surface area contributed by atoms with Gasteiger partial charge in [0, 0.05) is 22.5 Å². The normalized spacial score (nSPS) is 19.0. The quantitative estimate of drug-likeness (QED) is 0.463. The number of carbonyl (C=O) groups is 1. The Kier molecular flexibility index (Phi) is 6.93. The average Bonchev–Trinajstić information content (AvgIpc) is 2.65. The number of hydrogen-bond donors (Lipinski definition) is 1. The van der Waals surface area contributed by atoms with Crippen molar-refractivity contribution in [3.8, 4) is 5.75 Å². The van der Waals surface area contributed by atoms with Gasteiger partial charge in [0.25, 0.3) is 0 Å². The van der Waals surface area contributed by atoms with Crippen LogP contribution in [0.4, 0.5) is 0 Å². The SMILES string of the molecule is Cc1ccc(S(=O)(=O)NC2CC(/C=C/C(=O)OC(C)(C)C)Oc3ccc(Br)cc32)cc1. The van der Waals surface area contributed by atoms with Gasteiger partial charge in [-0.05, 0) is 64.1 Å². The fourth-order valence-electron chi connectivity index (χ4n) is 3.19. The molecule has 0 spiro atoms. The topological polar surface area (TPSA) is 81.7 Å². The second kappa shape index (κ2) is 9.14. The number of sulfonamides is 1. The van der Waals surface area contributed by atoms with Gasteiger partial charge in [0.05, 0.1) is 10.9 Å². The first-order chi connectivity index (χ1) is 14.4. The van der Waals surface area contributed by atoms with Gasteiger partial charge in [-0.1, -0.05) is 33.6 Å². The number of halogens is 1. The van der Waals surface area contributed by atoms with Crippen LogP contribution in [0.25, 0.3) is 0 Å². The number of carbonyl (C=O) groups excluding carboxylic acids is 1. The van der Waals surface area contributed by atoms with Crippen molar-refractivity contribution in [1.82, 2.24) is 4.72 Å². The van der Waals surface area contributed by atoms with Crippen LogP contribution in [0.5, 0.6) is 5.75 Å². The van der Waals surface area contributed by atoms with Gasteiger partial charge in [-0.15, -0.1) is 0 Å². The molecular formula is C23H26BrNO5S. The van der Waals surface area contributed by atoms with Crippen molar-refractivity contribution in [2.45, 2.75) is 56.8 Å². The predicted molar refractivity (Wildman–Crippen MR) is 122 cm³/mol. The number of aryl methyl sites for hydroxylation is 1. The third-order valence-corrected chi connectivity index (χ3v) is 6.56. The molecule has 0 bridgehead atoms. The average molecular weight is 508 g/mol. The molecule has 8 heteroatoms. The maximum absolute atomic E-state index is 13.0. The van der Waals surface area contributed by atoms with E-state index >= 15 is 0 Å². The molecule has 2 aromatic rings. The van der Waals surface area contributed by atoms with E-state index in [0.29, 0.717) is 12.2 Å². The second-order valence-electron chi connectivity index (χ2n) is 8.45. The van der Waals surface area contributed by atoms with Crippen molar-refractivity contribution in [2.24, 2.45) is 0 Å². The maximum atomic E-state index is 13.0. The van der Waals surface area contributed by atoms with Crippen LogP contribution in [-0.2, 0) is 19.6 Å². The third-order valence-electron chi connectivity index (χ3n) is 4.58. The number of esters is 1. The van der Waals surface area contributed by atoms with Crippen molar-refractivity contribution >= 4 is 31.9 Å². The van der Waals surface area contributed by atoms with Crippen LogP contribution in [0.15, 0.2) is 64.0 Å². The van der Waals surface area contributed by atoms with E-state index < -0.39 is 33.7 Å². The Morgan fingerprint density at radius 2 is 1.87 bits per heavy atom. The Hall–Kier alpha value is -2.16. The molecule has 2 aromatic carbocycles. The number of nitrogens with one attached hydrogen (secondary N) is 1. The van der Waals surface area contributed by atoms with E-state index in [1.54, 1.807) is 57.2 Å². The minimum Gasteiger partial charge on any atom is -0.486 e. The molecule has 0 aliphatic carbocycles. The van der Waals surface area contributed by atoms with Crippen molar-refractivity contribution < 1.29 is 22.7 Å². The lowest BCUT2D eigenvalue weighted by Gasteiger charge is -2.31. The van der Waals surface area contributed by atoms with Gasteiger partial charge >= 0.3 is 5.97 Å². The van der Waals surface area contributed by atoms with Gasteiger partial charge in [-0.3, -0.25) is 0 Å². The smallest absolute Gasteiger partial charge is 0.331 e.